The molecule has 1 aromatic heterocycles. The normalized spacial score (nSPS) is 14.3. The molecule has 4 N–H and O–H groups in total. The highest BCUT2D eigenvalue weighted by molar-refractivity contribution is 7.73. The van der Waals surface area contributed by atoms with E-state index in [4.69, 9.17) is 23.4 Å². The van der Waals surface area contributed by atoms with Crippen molar-refractivity contribution in [1.82, 2.24) is 10.3 Å². The van der Waals surface area contributed by atoms with Gasteiger partial charge in [0.25, 0.3) is 5.91 Å². The van der Waals surface area contributed by atoms with E-state index in [1.807, 2.05) is 0 Å². The molecule has 0 atom stereocenters. The lowest BCUT2D eigenvalue weighted by Crippen LogP contribution is -2.36. The van der Waals surface area contributed by atoms with E-state index in [1.54, 1.807) is 0 Å². The molecule has 6 nitrogen and oxygen atoms in total. The highest BCUT2D eigenvalue weighted by Gasteiger charge is 2.23. The summed E-state index contributed by atoms with van der Waals surface area (Å²) in [6.07, 6.45) is 0. The molecule has 0 spiro atoms. The first-order valence-corrected chi connectivity index (χ1v) is 4.72. The molecule has 2 rings (SSSR count). The number of nitrogens with one attached hydrogen (secondary N) is 2. The minimum Gasteiger partial charge on any atom is -0.363 e. The average Bonchev–Trinajstić information content (AvgIpc) is 2.45. The summed E-state index contributed by atoms with van der Waals surface area (Å²) in [5, 5.41) is 11.1. The molecular formula is C6H4N5OS2. The van der Waals surface area contributed by atoms with Gasteiger partial charge in [0.15, 0.2) is 15.6 Å². The number of nitrogens with zero attached hydrogens (tertiary/aromatic N) is 2. The summed E-state index contributed by atoms with van der Waals surface area (Å²) in [5.41, 5.74) is 5.00. The standard InChI is InChI=1S/C6H4N5OS2/c7-2-1-4(11-6(13)14-1)10-5(9-2)3(8)12/h7H,(H2,8,12)(H,11,13). The monoisotopic (exact) mass is 226 g/mol. The Kier molecular flexibility index (Phi) is 1.93. The molecule has 71 valence electrons. The zero-order chi connectivity index (χ0) is 10.3. The summed E-state index contributed by atoms with van der Waals surface area (Å²) in [4.78, 5) is 17.9. The van der Waals surface area contributed by atoms with Gasteiger partial charge in [-0.2, -0.15) is 0 Å². The maximum absolute atomic E-state index is 10.8. The number of hydrogen-bond acceptors (Lipinski definition) is 5. The van der Waals surface area contributed by atoms with Gasteiger partial charge in [0.05, 0.1) is 0 Å². The Labute approximate surface area is 87.4 Å². The number of nitrogens with two attached hydrogens (primary N) is 1. The van der Waals surface area contributed by atoms with Crippen LogP contribution < -0.4 is 11.1 Å². The number of hydrogen-bond donors (Lipinski definition) is 3. The predicted molar refractivity (Wildman–Crippen MR) is 54.8 cm³/mol. The van der Waals surface area contributed by atoms with Gasteiger partial charge in [0.1, 0.15) is 4.88 Å². The minimum absolute atomic E-state index is 0.0406. The van der Waals surface area contributed by atoms with Crippen LogP contribution in [0.15, 0.2) is 4.99 Å². The van der Waals surface area contributed by atoms with Gasteiger partial charge in [-0.1, -0.05) is 11.3 Å². The molecule has 0 unspecified atom stereocenters. The van der Waals surface area contributed by atoms with E-state index in [0.717, 1.165) is 0 Å². The number of carbonyl (C=O) groups excluding carboxylic acids is 1. The predicted octanol–water partition coefficient (Wildman–Crippen LogP) is 0.264. The van der Waals surface area contributed by atoms with Crippen LogP contribution in [-0.2, 0) is 4.79 Å². The first kappa shape index (κ1) is 9.03. The van der Waals surface area contributed by atoms with Crippen LogP contribution in [0.1, 0.15) is 4.88 Å². The summed E-state index contributed by atoms with van der Waals surface area (Å²) in [6.45, 7) is 0. The van der Waals surface area contributed by atoms with Crippen molar-refractivity contribution in [2.45, 2.75) is 0 Å². The molecule has 0 saturated carbocycles. The van der Waals surface area contributed by atoms with Gasteiger partial charge in [-0.15, -0.1) is 0 Å². The Morgan fingerprint density at radius 2 is 2.36 bits per heavy atom. The molecule has 1 amide bonds. The topological polar surface area (TPSA) is 109 Å². The van der Waals surface area contributed by atoms with Crippen LogP contribution in [0.2, 0.25) is 0 Å². The average molecular weight is 226 g/mol. The SMILES string of the molecule is N=C1[N]C(C(N)=O)=Nc2[nH]c(=S)sc21. The molecule has 1 aliphatic heterocycles. The third-order valence-electron chi connectivity index (χ3n) is 1.50. The first-order chi connectivity index (χ1) is 6.58. The number of thiazole rings is 1. The number of rotatable bonds is 1. The number of H-pyrrole nitrogens is 1. The lowest BCUT2D eigenvalue weighted by Gasteiger charge is -2.08. The Bertz CT molecular complexity index is 511. The van der Waals surface area contributed by atoms with Crippen molar-refractivity contribution < 1.29 is 4.79 Å². The maximum atomic E-state index is 10.8. The molecule has 0 saturated heterocycles. The van der Waals surface area contributed by atoms with Crippen molar-refractivity contribution >= 4 is 47.0 Å². The fourth-order valence-electron chi connectivity index (χ4n) is 0.957. The number of aromatic amines is 1. The zero-order valence-electron chi connectivity index (χ0n) is 6.70. The summed E-state index contributed by atoms with van der Waals surface area (Å²) in [7, 11) is 0. The Morgan fingerprint density at radius 3 is 3.00 bits per heavy atom. The molecule has 0 aromatic carbocycles. The maximum Gasteiger partial charge on any atom is 0.286 e. The molecule has 1 radical (unpaired) electrons. The first-order valence-electron chi connectivity index (χ1n) is 3.50. The van der Waals surface area contributed by atoms with Crippen LogP contribution in [0.5, 0.6) is 0 Å². The molecule has 0 bridgehead atoms. The van der Waals surface area contributed by atoms with Crippen molar-refractivity contribution in [3.05, 3.63) is 8.83 Å². The van der Waals surface area contributed by atoms with Gasteiger partial charge in [0.2, 0.25) is 5.84 Å². The second-order valence-electron chi connectivity index (χ2n) is 2.45. The second-order valence-corrected chi connectivity index (χ2v) is 4.14. The Hall–Kier alpha value is -1.54. The van der Waals surface area contributed by atoms with E-state index in [0.29, 0.717) is 14.6 Å². The van der Waals surface area contributed by atoms with E-state index >= 15 is 0 Å². The van der Waals surface area contributed by atoms with Gasteiger partial charge in [-0.3, -0.25) is 10.2 Å². The number of primary amides is 1. The van der Waals surface area contributed by atoms with Crippen molar-refractivity contribution in [2.24, 2.45) is 10.7 Å². The largest absolute Gasteiger partial charge is 0.363 e. The Balaban J connectivity index is 2.60. The molecule has 8 heteroatoms. The minimum atomic E-state index is -0.758. The van der Waals surface area contributed by atoms with Gasteiger partial charge in [0, 0.05) is 0 Å². The van der Waals surface area contributed by atoms with Crippen LogP contribution in [0.4, 0.5) is 5.82 Å². The van der Waals surface area contributed by atoms with Gasteiger partial charge < -0.3 is 10.7 Å². The van der Waals surface area contributed by atoms with Crippen LogP contribution in [0.3, 0.4) is 0 Å². The van der Waals surface area contributed by atoms with E-state index in [1.165, 1.54) is 11.3 Å². The number of amides is 1. The third kappa shape index (κ3) is 1.34. The molecule has 0 fully saturated rings. The van der Waals surface area contributed by atoms with Gasteiger partial charge in [-0.05, 0) is 12.2 Å². The van der Waals surface area contributed by atoms with E-state index in [9.17, 15) is 4.79 Å². The number of amidine groups is 2. The van der Waals surface area contributed by atoms with Crippen LogP contribution in [-0.4, -0.2) is 22.6 Å². The molecule has 0 aliphatic carbocycles. The van der Waals surface area contributed by atoms with E-state index in [-0.39, 0.29) is 11.7 Å². The van der Waals surface area contributed by atoms with Crippen molar-refractivity contribution in [3.63, 3.8) is 0 Å². The molecule has 2 heterocycles. The summed E-state index contributed by atoms with van der Waals surface area (Å²) in [5.74, 6) is -0.590. The number of aromatic nitrogens is 1. The van der Waals surface area contributed by atoms with Crippen molar-refractivity contribution in [2.75, 3.05) is 0 Å². The van der Waals surface area contributed by atoms with E-state index < -0.39 is 5.91 Å². The summed E-state index contributed by atoms with van der Waals surface area (Å²) >= 11 is 6.07. The van der Waals surface area contributed by atoms with Crippen LogP contribution in [0, 0.1) is 9.36 Å². The smallest absolute Gasteiger partial charge is 0.286 e. The quantitative estimate of drug-likeness (QED) is 0.597. The second kappa shape index (κ2) is 3.00. The highest BCUT2D eigenvalue weighted by Crippen LogP contribution is 2.25. The third-order valence-corrected chi connectivity index (χ3v) is 2.73. The molecule has 1 aliphatic rings. The molecular weight excluding hydrogens is 222 g/mol. The fourth-order valence-corrected chi connectivity index (χ4v) is 1.97. The number of aliphatic imine (C=N–C) groups is 1. The zero-order valence-corrected chi connectivity index (χ0v) is 8.33. The van der Waals surface area contributed by atoms with Gasteiger partial charge in [-0.25, -0.2) is 10.3 Å². The lowest BCUT2D eigenvalue weighted by atomic mass is 10.3. The van der Waals surface area contributed by atoms with Crippen molar-refractivity contribution in [1.29, 1.82) is 5.41 Å². The summed E-state index contributed by atoms with van der Waals surface area (Å²) < 4.78 is 0.490. The Morgan fingerprint density at radius 1 is 1.64 bits per heavy atom. The lowest BCUT2D eigenvalue weighted by molar-refractivity contribution is -0.112. The van der Waals surface area contributed by atoms with E-state index in [2.05, 4.69) is 15.3 Å². The number of carbonyl (C=O) groups is 1. The summed E-state index contributed by atoms with van der Waals surface area (Å²) in [6, 6.07) is 0. The van der Waals surface area contributed by atoms with Crippen LogP contribution in [0.25, 0.3) is 0 Å². The highest BCUT2D eigenvalue weighted by atomic mass is 32.1. The van der Waals surface area contributed by atoms with Crippen LogP contribution >= 0.6 is 23.6 Å². The van der Waals surface area contributed by atoms with Gasteiger partial charge >= 0.3 is 0 Å². The molecule has 14 heavy (non-hydrogen) atoms. The fraction of sp³-hybridized carbons (Fsp3) is 0. The number of fused-ring (bicyclic) bond motifs is 1. The molecule has 1 aromatic rings. The van der Waals surface area contributed by atoms with Crippen molar-refractivity contribution in [3.8, 4) is 0 Å².